The summed E-state index contributed by atoms with van der Waals surface area (Å²) < 4.78 is 0. The SMILES string of the molecule is CC1CC(NC(=O)c2cccc(N3CCCNC3=O)c2)CCN1. The Bertz CT molecular complexity index is 590. The second-order valence-electron chi connectivity index (χ2n) is 6.34. The predicted octanol–water partition coefficient (Wildman–Crippen LogP) is 1.48. The molecule has 6 nitrogen and oxygen atoms in total. The maximum Gasteiger partial charge on any atom is 0.321 e. The van der Waals surface area contributed by atoms with Crippen molar-refractivity contribution in [2.75, 3.05) is 24.5 Å². The molecule has 1 aromatic rings. The Labute approximate surface area is 136 Å². The second kappa shape index (κ2) is 7.00. The van der Waals surface area contributed by atoms with Gasteiger partial charge in [0.05, 0.1) is 0 Å². The molecule has 0 aromatic heterocycles. The van der Waals surface area contributed by atoms with Crippen molar-refractivity contribution in [3.05, 3.63) is 29.8 Å². The molecule has 3 amide bonds. The molecule has 1 aromatic carbocycles. The van der Waals surface area contributed by atoms with E-state index >= 15 is 0 Å². The van der Waals surface area contributed by atoms with Crippen molar-refractivity contribution in [1.29, 1.82) is 0 Å². The standard InChI is InChI=1S/C17H24N4O2/c1-12-10-14(6-8-18-12)20-16(22)13-4-2-5-15(11-13)21-9-3-7-19-17(21)23/h2,4-5,11-12,14,18H,3,6-10H2,1H3,(H,19,23)(H,20,22). The van der Waals surface area contributed by atoms with Crippen LogP contribution in [0.1, 0.15) is 36.5 Å². The van der Waals surface area contributed by atoms with Gasteiger partial charge in [-0.15, -0.1) is 0 Å². The smallest absolute Gasteiger partial charge is 0.321 e. The molecule has 124 valence electrons. The Morgan fingerprint density at radius 2 is 2.22 bits per heavy atom. The van der Waals surface area contributed by atoms with Gasteiger partial charge in [0.1, 0.15) is 0 Å². The van der Waals surface area contributed by atoms with E-state index in [0.717, 1.165) is 31.5 Å². The van der Waals surface area contributed by atoms with Crippen LogP contribution in [0.25, 0.3) is 0 Å². The summed E-state index contributed by atoms with van der Waals surface area (Å²) in [6.45, 7) is 4.46. The number of amides is 3. The van der Waals surface area contributed by atoms with E-state index in [4.69, 9.17) is 0 Å². The van der Waals surface area contributed by atoms with Gasteiger partial charge < -0.3 is 16.0 Å². The Morgan fingerprint density at radius 3 is 3.00 bits per heavy atom. The zero-order chi connectivity index (χ0) is 16.2. The third kappa shape index (κ3) is 3.82. The van der Waals surface area contributed by atoms with Crippen molar-refractivity contribution < 1.29 is 9.59 Å². The number of carbonyl (C=O) groups excluding carboxylic acids is 2. The van der Waals surface area contributed by atoms with Crippen LogP contribution in [-0.4, -0.2) is 43.7 Å². The molecule has 0 aliphatic carbocycles. The molecule has 3 N–H and O–H groups in total. The molecule has 2 fully saturated rings. The van der Waals surface area contributed by atoms with Crippen molar-refractivity contribution >= 4 is 17.6 Å². The van der Waals surface area contributed by atoms with E-state index in [-0.39, 0.29) is 18.0 Å². The number of nitrogens with one attached hydrogen (secondary N) is 3. The van der Waals surface area contributed by atoms with Crippen molar-refractivity contribution in [1.82, 2.24) is 16.0 Å². The number of hydrogen-bond acceptors (Lipinski definition) is 3. The molecule has 0 bridgehead atoms. The number of piperidine rings is 1. The Balaban J connectivity index is 1.69. The van der Waals surface area contributed by atoms with Gasteiger partial charge >= 0.3 is 6.03 Å². The lowest BCUT2D eigenvalue weighted by molar-refractivity contribution is 0.0925. The fraction of sp³-hybridized carbons (Fsp3) is 0.529. The zero-order valence-corrected chi connectivity index (χ0v) is 13.5. The summed E-state index contributed by atoms with van der Waals surface area (Å²) in [6, 6.07) is 7.83. The summed E-state index contributed by atoms with van der Waals surface area (Å²) in [5.41, 5.74) is 1.38. The van der Waals surface area contributed by atoms with Gasteiger partial charge in [0.25, 0.3) is 5.91 Å². The number of carbonyl (C=O) groups is 2. The van der Waals surface area contributed by atoms with E-state index in [2.05, 4.69) is 22.9 Å². The first-order valence-corrected chi connectivity index (χ1v) is 8.33. The molecular weight excluding hydrogens is 292 g/mol. The zero-order valence-electron chi connectivity index (χ0n) is 13.5. The summed E-state index contributed by atoms with van der Waals surface area (Å²) in [5, 5.41) is 9.32. The van der Waals surface area contributed by atoms with E-state index in [0.29, 0.717) is 24.7 Å². The summed E-state index contributed by atoms with van der Waals surface area (Å²) in [7, 11) is 0. The van der Waals surface area contributed by atoms with E-state index in [1.807, 2.05) is 12.1 Å². The van der Waals surface area contributed by atoms with Crippen molar-refractivity contribution in [3.8, 4) is 0 Å². The van der Waals surface area contributed by atoms with Crippen LogP contribution in [0.4, 0.5) is 10.5 Å². The number of benzene rings is 1. The van der Waals surface area contributed by atoms with E-state index in [1.165, 1.54) is 0 Å². The molecule has 2 atom stereocenters. The maximum absolute atomic E-state index is 12.5. The Morgan fingerprint density at radius 1 is 1.35 bits per heavy atom. The minimum absolute atomic E-state index is 0.0663. The highest BCUT2D eigenvalue weighted by atomic mass is 16.2. The molecule has 2 aliphatic heterocycles. The van der Waals surface area contributed by atoms with E-state index in [1.54, 1.807) is 17.0 Å². The number of hydrogen-bond donors (Lipinski definition) is 3. The summed E-state index contributed by atoms with van der Waals surface area (Å²) >= 11 is 0. The van der Waals surface area contributed by atoms with Crippen molar-refractivity contribution in [2.24, 2.45) is 0 Å². The predicted molar refractivity (Wildman–Crippen MR) is 89.8 cm³/mol. The lowest BCUT2D eigenvalue weighted by Gasteiger charge is -2.29. The average molecular weight is 316 g/mol. The van der Waals surface area contributed by atoms with Crippen LogP contribution in [-0.2, 0) is 0 Å². The Hall–Kier alpha value is -2.08. The molecule has 0 spiro atoms. The minimum atomic E-state index is -0.0963. The van der Waals surface area contributed by atoms with Gasteiger partial charge in [0.2, 0.25) is 0 Å². The fourth-order valence-electron chi connectivity index (χ4n) is 3.22. The maximum atomic E-state index is 12.5. The van der Waals surface area contributed by atoms with E-state index in [9.17, 15) is 9.59 Å². The van der Waals surface area contributed by atoms with Gasteiger partial charge in [-0.05, 0) is 50.9 Å². The van der Waals surface area contributed by atoms with E-state index < -0.39 is 0 Å². The molecule has 3 rings (SSSR count). The normalized spacial score (nSPS) is 24.9. The van der Waals surface area contributed by atoms with Crippen LogP contribution in [0.3, 0.4) is 0 Å². The molecule has 0 saturated carbocycles. The monoisotopic (exact) mass is 316 g/mol. The average Bonchev–Trinajstić information content (AvgIpc) is 2.55. The van der Waals surface area contributed by atoms with Gasteiger partial charge in [0, 0.05) is 36.4 Å². The molecule has 0 radical (unpaired) electrons. The van der Waals surface area contributed by atoms with Crippen LogP contribution in [0.15, 0.2) is 24.3 Å². The Kier molecular flexibility index (Phi) is 4.81. The lowest BCUT2D eigenvalue weighted by atomic mass is 10.00. The van der Waals surface area contributed by atoms with Gasteiger partial charge in [-0.1, -0.05) is 6.07 Å². The molecule has 23 heavy (non-hydrogen) atoms. The number of nitrogens with zero attached hydrogens (tertiary/aromatic N) is 1. The van der Waals surface area contributed by atoms with Crippen LogP contribution in [0, 0.1) is 0 Å². The first-order valence-electron chi connectivity index (χ1n) is 8.33. The highest BCUT2D eigenvalue weighted by Gasteiger charge is 2.22. The number of anilines is 1. The van der Waals surface area contributed by atoms with Gasteiger partial charge in [-0.25, -0.2) is 4.79 Å². The number of rotatable bonds is 3. The topological polar surface area (TPSA) is 73.5 Å². The highest BCUT2D eigenvalue weighted by Crippen LogP contribution is 2.19. The molecular formula is C17H24N4O2. The highest BCUT2D eigenvalue weighted by molar-refractivity contribution is 5.98. The summed E-state index contributed by atoms with van der Waals surface area (Å²) in [5.74, 6) is -0.0663. The quantitative estimate of drug-likeness (QED) is 0.791. The van der Waals surface area contributed by atoms with Gasteiger partial charge in [-0.3, -0.25) is 9.69 Å². The van der Waals surface area contributed by atoms with Crippen LogP contribution < -0.4 is 20.9 Å². The molecule has 2 heterocycles. The minimum Gasteiger partial charge on any atom is -0.349 e. The molecule has 2 saturated heterocycles. The van der Waals surface area contributed by atoms with Gasteiger partial charge in [-0.2, -0.15) is 0 Å². The summed E-state index contributed by atoms with van der Waals surface area (Å²) in [6.07, 6.45) is 2.80. The number of urea groups is 1. The summed E-state index contributed by atoms with van der Waals surface area (Å²) in [4.78, 5) is 26.1. The second-order valence-corrected chi connectivity index (χ2v) is 6.34. The van der Waals surface area contributed by atoms with Crippen molar-refractivity contribution in [3.63, 3.8) is 0 Å². The lowest BCUT2D eigenvalue weighted by Crippen LogP contribution is -2.47. The first kappa shape index (κ1) is 15.8. The van der Waals surface area contributed by atoms with Crippen LogP contribution in [0.2, 0.25) is 0 Å². The van der Waals surface area contributed by atoms with Gasteiger partial charge in [0.15, 0.2) is 0 Å². The van der Waals surface area contributed by atoms with Crippen LogP contribution in [0.5, 0.6) is 0 Å². The van der Waals surface area contributed by atoms with Crippen molar-refractivity contribution in [2.45, 2.75) is 38.3 Å². The third-order valence-corrected chi connectivity index (χ3v) is 4.46. The largest absolute Gasteiger partial charge is 0.349 e. The van der Waals surface area contributed by atoms with Crippen LogP contribution >= 0.6 is 0 Å². The molecule has 2 aliphatic rings. The molecule has 2 unspecified atom stereocenters. The fourth-order valence-corrected chi connectivity index (χ4v) is 3.22. The first-order chi connectivity index (χ1) is 11.1. The third-order valence-electron chi connectivity index (χ3n) is 4.46. The molecule has 6 heteroatoms.